The van der Waals surface area contributed by atoms with Gasteiger partial charge in [-0.15, -0.1) is 11.3 Å². The van der Waals surface area contributed by atoms with Crippen molar-refractivity contribution in [3.05, 3.63) is 15.6 Å². The summed E-state index contributed by atoms with van der Waals surface area (Å²) in [6, 6.07) is 0. The van der Waals surface area contributed by atoms with Gasteiger partial charge < -0.3 is 4.74 Å². The molecule has 1 aromatic rings. The molecule has 4 heteroatoms. The van der Waals surface area contributed by atoms with Crippen molar-refractivity contribution in [2.24, 2.45) is 0 Å². The SMILES string of the molecule is COC(C)(C)c1nc2c(s1)C(=O)CCC2. The summed E-state index contributed by atoms with van der Waals surface area (Å²) in [6.07, 6.45) is 2.53. The molecule has 0 radical (unpaired) electrons. The van der Waals surface area contributed by atoms with E-state index in [9.17, 15) is 4.79 Å². The first kappa shape index (κ1) is 10.8. The minimum absolute atomic E-state index is 0.243. The van der Waals surface area contributed by atoms with E-state index in [4.69, 9.17) is 4.74 Å². The maximum Gasteiger partial charge on any atom is 0.174 e. The summed E-state index contributed by atoms with van der Waals surface area (Å²) in [5.41, 5.74) is 0.582. The molecule has 2 rings (SSSR count). The number of ether oxygens (including phenoxy) is 1. The Morgan fingerprint density at radius 2 is 2.13 bits per heavy atom. The molecule has 0 saturated carbocycles. The molecule has 0 amide bonds. The summed E-state index contributed by atoms with van der Waals surface area (Å²) in [5, 5.41) is 0.908. The molecule has 82 valence electrons. The first-order chi connectivity index (χ1) is 7.04. The number of ketones is 1. The van der Waals surface area contributed by atoms with E-state index in [1.165, 1.54) is 11.3 Å². The number of aromatic nitrogens is 1. The van der Waals surface area contributed by atoms with Crippen LogP contribution in [0.25, 0.3) is 0 Å². The van der Waals surface area contributed by atoms with Crippen molar-refractivity contribution in [2.45, 2.75) is 38.7 Å². The molecule has 0 aliphatic heterocycles. The number of methoxy groups -OCH3 is 1. The molecule has 0 bridgehead atoms. The summed E-state index contributed by atoms with van der Waals surface area (Å²) >= 11 is 1.49. The lowest BCUT2D eigenvalue weighted by molar-refractivity contribution is 0.0189. The average molecular weight is 225 g/mol. The number of carbonyl (C=O) groups excluding carboxylic acids is 1. The molecule has 1 aliphatic rings. The summed E-state index contributed by atoms with van der Waals surface area (Å²) < 4.78 is 5.37. The minimum Gasteiger partial charge on any atom is -0.372 e. The van der Waals surface area contributed by atoms with E-state index >= 15 is 0 Å². The van der Waals surface area contributed by atoms with Gasteiger partial charge in [-0.05, 0) is 26.7 Å². The highest BCUT2D eigenvalue weighted by Crippen LogP contribution is 2.33. The van der Waals surface area contributed by atoms with Crippen molar-refractivity contribution in [3.63, 3.8) is 0 Å². The molecular weight excluding hydrogens is 210 g/mol. The number of carbonyl (C=O) groups is 1. The normalized spacial score (nSPS) is 16.6. The second-order valence-electron chi connectivity index (χ2n) is 4.29. The fraction of sp³-hybridized carbons (Fsp3) is 0.636. The number of nitrogens with zero attached hydrogens (tertiary/aromatic N) is 1. The molecule has 0 aromatic carbocycles. The van der Waals surface area contributed by atoms with Crippen molar-refractivity contribution < 1.29 is 9.53 Å². The zero-order valence-corrected chi connectivity index (χ0v) is 10.1. The van der Waals surface area contributed by atoms with Gasteiger partial charge in [0.15, 0.2) is 5.78 Å². The Morgan fingerprint density at radius 1 is 1.40 bits per heavy atom. The molecule has 1 heterocycles. The van der Waals surface area contributed by atoms with Crippen LogP contribution in [-0.4, -0.2) is 17.9 Å². The number of hydrogen-bond acceptors (Lipinski definition) is 4. The number of hydrogen-bond donors (Lipinski definition) is 0. The van der Waals surface area contributed by atoms with Gasteiger partial charge in [0.05, 0.1) is 10.6 Å². The Morgan fingerprint density at radius 3 is 2.73 bits per heavy atom. The molecule has 0 unspecified atom stereocenters. The predicted octanol–water partition coefficient (Wildman–Crippen LogP) is 2.54. The van der Waals surface area contributed by atoms with E-state index in [0.29, 0.717) is 6.42 Å². The van der Waals surface area contributed by atoms with Crippen LogP contribution in [0.1, 0.15) is 47.1 Å². The van der Waals surface area contributed by atoms with E-state index in [-0.39, 0.29) is 11.4 Å². The van der Waals surface area contributed by atoms with Gasteiger partial charge in [0.2, 0.25) is 0 Å². The molecule has 0 spiro atoms. The highest BCUT2D eigenvalue weighted by Gasteiger charge is 2.29. The number of Topliss-reactive ketones (excluding diaryl/α,β-unsaturated/α-hetero) is 1. The quantitative estimate of drug-likeness (QED) is 0.776. The van der Waals surface area contributed by atoms with Gasteiger partial charge in [-0.2, -0.15) is 0 Å². The van der Waals surface area contributed by atoms with Crippen LogP contribution in [-0.2, 0) is 16.8 Å². The van der Waals surface area contributed by atoms with Crippen LogP contribution in [0.15, 0.2) is 0 Å². The van der Waals surface area contributed by atoms with E-state index in [1.807, 2.05) is 13.8 Å². The van der Waals surface area contributed by atoms with Gasteiger partial charge in [-0.25, -0.2) is 4.98 Å². The molecule has 3 nitrogen and oxygen atoms in total. The van der Waals surface area contributed by atoms with E-state index in [1.54, 1.807) is 7.11 Å². The summed E-state index contributed by atoms with van der Waals surface area (Å²) in [6.45, 7) is 3.95. The lowest BCUT2D eigenvalue weighted by Gasteiger charge is -2.19. The Labute approximate surface area is 93.5 Å². The third-order valence-electron chi connectivity index (χ3n) is 2.79. The van der Waals surface area contributed by atoms with Crippen LogP contribution in [0.4, 0.5) is 0 Å². The zero-order valence-electron chi connectivity index (χ0n) is 9.29. The number of fused-ring (bicyclic) bond motifs is 1. The summed E-state index contributed by atoms with van der Waals surface area (Å²) in [5.74, 6) is 0.243. The van der Waals surface area contributed by atoms with Crippen LogP contribution in [0, 0.1) is 0 Å². The molecule has 0 N–H and O–H groups in total. The molecule has 0 saturated heterocycles. The summed E-state index contributed by atoms with van der Waals surface area (Å²) in [4.78, 5) is 17.0. The molecule has 0 fully saturated rings. The van der Waals surface area contributed by atoms with Crippen molar-refractivity contribution in [2.75, 3.05) is 7.11 Å². The second-order valence-corrected chi connectivity index (χ2v) is 5.29. The monoisotopic (exact) mass is 225 g/mol. The zero-order chi connectivity index (χ0) is 11.1. The average Bonchev–Trinajstić information content (AvgIpc) is 2.64. The van der Waals surface area contributed by atoms with E-state index in [2.05, 4.69) is 4.98 Å². The Kier molecular flexibility index (Phi) is 2.64. The highest BCUT2D eigenvalue weighted by atomic mass is 32.1. The lowest BCUT2D eigenvalue weighted by Crippen LogP contribution is -2.19. The molecular formula is C11H15NO2S. The largest absolute Gasteiger partial charge is 0.372 e. The minimum atomic E-state index is -0.387. The Balaban J connectivity index is 2.41. The van der Waals surface area contributed by atoms with Crippen molar-refractivity contribution in [1.82, 2.24) is 4.98 Å². The van der Waals surface area contributed by atoms with Crippen LogP contribution in [0.5, 0.6) is 0 Å². The Hall–Kier alpha value is -0.740. The van der Waals surface area contributed by atoms with Gasteiger partial charge in [-0.1, -0.05) is 0 Å². The topological polar surface area (TPSA) is 39.2 Å². The molecule has 0 atom stereocenters. The van der Waals surface area contributed by atoms with Crippen LogP contribution in [0.2, 0.25) is 0 Å². The number of thiazole rings is 1. The Bertz CT molecular complexity index is 395. The maximum atomic E-state index is 11.6. The van der Waals surface area contributed by atoms with Crippen LogP contribution < -0.4 is 0 Å². The van der Waals surface area contributed by atoms with Crippen molar-refractivity contribution >= 4 is 17.1 Å². The third-order valence-corrected chi connectivity index (χ3v) is 4.24. The van der Waals surface area contributed by atoms with Crippen molar-refractivity contribution in [3.8, 4) is 0 Å². The van der Waals surface area contributed by atoms with E-state index < -0.39 is 0 Å². The number of aryl methyl sites for hydroxylation is 1. The van der Waals surface area contributed by atoms with Gasteiger partial charge in [0, 0.05) is 13.5 Å². The van der Waals surface area contributed by atoms with Crippen molar-refractivity contribution in [1.29, 1.82) is 0 Å². The highest BCUT2D eigenvalue weighted by molar-refractivity contribution is 7.14. The first-order valence-corrected chi connectivity index (χ1v) is 5.95. The smallest absolute Gasteiger partial charge is 0.174 e. The molecule has 1 aliphatic carbocycles. The van der Waals surface area contributed by atoms with Gasteiger partial charge in [0.25, 0.3) is 0 Å². The standard InChI is InChI=1S/C11H15NO2S/c1-11(2,14-3)10-12-7-5-4-6-8(13)9(7)15-10/h4-6H2,1-3H3. The van der Waals surface area contributed by atoms with Gasteiger partial charge >= 0.3 is 0 Å². The number of rotatable bonds is 2. The van der Waals surface area contributed by atoms with Gasteiger partial charge in [0.1, 0.15) is 10.6 Å². The second kappa shape index (κ2) is 3.68. The van der Waals surface area contributed by atoms with Crippen LogP contribution >= 0.6 is 11.3 Å². The van der Waals surface area contributed by atoms with Gasteiger partial charge in [-0.3, -0.25) is 4.79 Å². The fourth-order valence-corrected chi connectivity index (χ4v) is 2.77. The third kappa shape index (κ3) is 1.84. The predicted molar refractivity (Wildman–Crippen MR) is 59.4 cm³/mol. The summed E-state index contributed by atoms with van der Waals surface area (Å²) in [7, 11) is 1.67. The first-order valence-electron chi connectivity index (χ1n) is 5.13. The van der Waals surface area contributed by atoms with Crippen LogP contribution in [0.3, 0.4) is 0 Å². The maximum absolute atomic E-state index is 11.6. The lowest BCUT2D eigenvalue weighted by atomic mass is 10.0. The molecule has 15 heavy (non-hydrogen) atoms. The fourth-order valence-electron chi connectivity index (χ4n) is 1.61. The molecule has 1 aromatic heterocycles. The van der Waals surface area contributed by atoms with E-state index in [0.717, 1.165) is 28.4 Å².